The summed E-state index contributed by atoms with van der Waals surface area (Å²) in [7, 11) is 0. The van der Waals surface area contributed by atoms with Crippen molar-refractivity contribution in [3.63, 3.8) is 0 Å². The number of benzene rings is 1. The van der Waals surface area contributed by atoms with Gasteiger partial charge in [0.1, 0.15) is 0 Å². The Morgan fingerprint density at radius 1 is 1.00 bits per heavy atom. The Labute approximate surface area is 144 Å². The summed E-state index contributed by atoms with van der Waals surface area (Å²) in [5.41, 5.74) is -0.816. The average molecular weight is 354 g/mol. The van der Waals surface area contributed by atoms with Gasteiger partial charge in [0.15, 0.2) is 0 Å². The summed E-state index contributed by atoms with van der Waals surface area (Å²) in [6, 6.07) is 4.47. The lowest BCUT2D eigenvalue weighted by Crippen LogP contribution is -2.46. The molecule has 2 fully saturated rings. The number of nitrogens with zero attached hydrogens (tertiary/aromatic N) is 2. The van der Waals surface area contributed by atoms with Crippen molar-refractivity contribution in [3.8, 4) is 0 Å². The molecule has 2 aliphatic rings. The van der Waals surface area contributed by atoms with Gasteiger partial charge in [0.2, 0.25) is 5.91 Å². The van der Waals surface area contributed by atoms with Crippen LogP contribution in [0.25, 0.3) is 0 Å². The molecular weight excluding hydrogens is 333 g/mol. The van der Waals surface area contributed by atoms with Crippen molar-refractivity contribution < 1.29 is 22.8 Å². The molecule has 25 heavy (non-hydrogen) atoms. The number of hydrogen-bond acceptors (Lipinski definition) is 2. The van der Waals surface area contributed by atoms with Gasteiger partial charge in [-0.1, -0.05) is 6.07 Å². The lowest BCUT2D eigenvalue weighted by molar-refractivity contribution is -0.137. The fourth-order valence-electron chi connectivity index (χ4n) is 3.57. The Morgan fingerprint density at radius 2 is 1.68 bits per heavy atom. The smallest absolute Gasteiger partial charge is 0.342 e. The molecule has 2 aliphatic heterocycles. The van der Waals surface area contributed by atoms with Crippen molar-refractivity contribution in [2.24, 2.45) is 5.92 Å². The van der Waals surface area contributed by atoms with Crippen molar-refractivity contribution in [2.75, 3.05) is 26.2 Å². The molecule has 2 heterocycles. The zero-order chi connectivity index (χ0) is 18.0. The molecule has 1 aromatic carbocycles. The van der Waals surface area contributed by atoms with E-state index in [0.29, 0.717) is 13.0 Å². The van der Waals surface area contributed by atoms with E-state index >= 15 is 0 Å². The lowest BCUT2D eigenvalue weighted by Gasteiger charge is -2.34. The summed E-state index contributed by atoms with van der Waals surface area (Å²) in [6.07, 6.45) is -1.06. The van der Waals surface area contributed by atoms with Crippen molar-refractivity contribution in [1.82, 2.24) is 9.80 Å². The molecule has 4 nitrogen and oxygen atoms in total. The molecule has 0 radical (unpaired) electrons. The number of likely N-dealkylation sites (tertiary alicyclic amines) is 2. The Kier molecular flexibility index (Phi) is 5.01. The van der Waals surface area contributed by atoms with E-state index in [-0.39, 0.29) is 23.9 Å². The van der Waals surface area contributed by atoms with Crippen LogP contribution in [0.1, 0.15) is 41.6 Å². The summed E-state index contributed by atoms with van der Waals surface area (Å²) in [6.45, 7) is 2.27. The van der Waals surface area contributed by atoms with Crippen molar-refractivity contribution >= 4 is 11.8 Å². The molecule has 3 rings (SSSR count). The van der Waals surface area contributed by atoms with Crippen LogP contribution in [0.3, 0.4) is 0 Å². The van der Waals surface area contributed by atoms with E-state index in [1.807, 2.05) is 4.90 Å². The van der Waals surface area contributed by atoms with E-state index in [1.165, 1.54) is 17.0 Å². The van der Waals surface area contributed by atoms with E-state index in [9.17, 15) is 22.8 Å². The lowest BCUT2D eigenvalue weighted by atomic mass is 9.95. The molecule has 1 aromatic rings. The Bertz CT molecular complexity index is 654. The Morgan fingerprint density at radius 3 is 2.36 bits per heavy atom. The van der Waals surface area contributed by atoms with Gasteiger partial charge in [-0.2, -0.15) is 13.2 Å². The van der Waals surface area contributed by atoms with Gasteiger partial charge in [-0.05, 0) is 43.9 Å². The van der Waals surface area contributed by atoms with Crippen LogP contribution < -0.4 is 0 Å². The van der Waals surface area contributed by atoms with Gasteiger partial charge in [0.05, 0.1) is 11.5 Å². The largest absolute Gasteiger partial charge is 0.416 e. The number of carbonyl (C=O) groups excluding carboxylic acids is 2. The highest BCUT2D eigenvalue weighted by Gasteiger charge is 2.34. The molecule has 0 saturated carbocycles. The van der Waals surface area contributed by atoms with Crippen LogP contribution in [0.4, 0.5) is 13.2 Å². The number of halogens is 3. The first-order valence-electron chi connectivity index (χ1n) is 8.61. The maximum atomic E-state index is 12.8. The second-order valence-corrected chi connectivity index (χ2v) is 6.70. The fraction of sp³-hybridized carbons (Fsp3) is 0.556. The fourth-order valence-corrected chi connectivity index (χ4v) is 3.57. The molecule has 0 spiro atoms. The van der Waals surface area contributed by atoms with Crippen LogP contribution in [-0.4, -0.2) is 47.8 Å². The van der Waals surface area contributed by atoms with E-state index in [1.54, 1.807) is 0 Å². The number of carbonyl (C=O) groups is 2. The van der Waals surface area contributed by atoms with Gasteiger partial charge in [-0.3, -0.25) is 9.59 Å². The number of amides is 2. The molecule has 0 bridgehead atoms. The molecule has 7 heteroatoms. The predicted octanol–water partition coefficient (Wildman–Crippen LogP) is 3.18. The first-order chi connectivity index (χ1) is 11.9. The highest BCUT2D eigenvalue weighted by Crippen LogP contribution is 2.30. The van der Waals surface area contributed by atoms with Crippen LogP contribution in [0.15, 0.2) is 24.3 Å². The van der Waals surface area contributed by atoms with Crippen LogP contribution >= 0.6 is 0 Å². The average Bonchev–Trinajstić information content (AvgIpc) is 3.14. The van der Waals surface area contributed by atoms with Gasteiger partial charge in [0, 0.05) is 31.7 Å². The molecule has 0 N–H and O–H groups in total. The second-order valence-electron chi connectivity index (χ2n) is 6.70. The minimum Gasteiger partial charge on any atom is -0.342 e. The molecule has 1 atom stereocenters. The van der Waals surface area contributed by atoms with Crippen molar-refractivity contribution in [3.05, 3.63) is 35.4 Å². The standard InChI is InChI=1S/C18H21F3N2O2/c19-18(20,21)15-7-3-5-13(11-15)16(24)23-10-4-6-14(12-23)17(25)22-8-1-2-9-22/h3,5,7,11,14H,1-2,4,6,8-10,12H2/t14-/m0/s1. The maximum absolute atomic E-state index is 12.8. The minimum atomic E-state index is -4.48. The minimum absolute atomic E-state index is 0.0177. The Balaban J connectivity index is 1.70. The molecule has 2 amide bonds. The number of hydrogen-bond donors (Lipinski definition) is 0. The SMILES string of the molecule is O=C(c1cccc(C(F)(F)F)c1)N1CCC[C@H](C(=O)N2CCCC2)C1. The summed E-state index contributed by atoms with van der Waals surface area (Å²) in [4.78, 5) is 28.5. The van der Waals surface area contributed by atoms with Gasteiger partial charge in [-0.15, -0.1) is 0 Å². The van der Waals surface area contributed by atoms with Gasteiger partial charge < -0.3 is 9.80 Å². The molecule has 0 unspecified atom stereocenters. The van der Waals surface area contributed by atoms with E-state index < -0.39 is 17.6 Å². The summed E-state index contributed by atoms with van der Waals surface area (Å²) >= 11 is 0. The topological polar surface area (TPSA) is 40.6 Å². The third kappa shape index (κ3) is 3.96. The number of piperidine rings is 1. The Hall–Kier alpha value is -2.05. The highest BCUT2D eigenvalue weighted by atomic mass is 19.4. The molecular formula is C18H21F3N2O2. The van der Waals surface area contributed by atoms with Gasteiger partial charge in [-0.25, -0.2) is 0 Å². The van der Waals surface area contributed by atoms with Crippen LogP contribution in [-0.2, 0) is 11.0 Å². The van der Waals surface area contributed by atoms with Crippen LogP contribution in [0, 0.1) is 5.92 Å². The number of rotatable bonds is 2. The summed E-state index contributed by atoms with van der Waals surface area (Å²) < 4.78 is 38.5. The normalized spacial score (nSPS) is 21.5. The van der Waals surface area contributed by atoms with Crippen molar-refractivity contribution in [1.29, 1.82) is 0 Å². The summed E-state index contributed by atoms with van der Waals surface area (Å²) in [5, 5.41) is 0. The molecule has 0 aliphatic carbocycles. The third-order valence-corrected chi connectivity index (χ3v) is 4.91. The first kappa shape index (κ1) is 17.8. The third-order valence-electron chi connectivity index (χ3n) is 4.91. The van der Waals surface area contributed by atoms with Crippen LogP contribution in [0.2, 0.25) is 0 Å². The van der Waals surface area contributed by atoms with E-state index in [2.05, 4.69) is 0 Å². The zero-order valence-corrected chi connectivity index (χ0v) is 13.9. The van der Waals surface area contributed by atoms with E-state index in [0.717, 1.165) is 44.5 Å². The molecule has 136 valence electrons. The summed E-state index contributed by atoms with van der Waals surface area (Å²) in [5.74, 6) is -0.620. The molecule has 0 aromatic heterocycles. The quantitative estimate of drug-likeness (QED) is 0.818. The first-order valence-corrected chi connectivity index (χ1v) is 8.61. The van der Waals surface area contributed by atoms with Crippen LogP contribution in [0.5, 0.6) is 0 Å². The molecule has 2 saturated heterocycles. The van der Waals surface area contributed by atoms with Crippen molar-refractivity contribution in [2.45, 2.75) is 31.9 Å². The van der Waals surface area contributed by atoms with Gasteiger partial charge >= 0.3 is 6.18 Å². The second kappa shape index (κ2) is 7.06. The predicted molar refractivity (Wildman–Crippen MR) is 85.9 cm³/mol. The zero-order valence-electron chi connectivity index (χ0n) is 13.9. The highest BCUT2D eigenvalue weighted by molar-refractivity contribution is 5.95. The maximum Gasteiger partial charge on any atom is 0.416 e. The van der Waals surface area contributed by atoms with E-state index in [4.69, 9.17) is 0 Å². The van der Waals surface area contributed by atoms with Gasteiger partial charge in [0.25, 0.3) is 5.91 Å². The number of alkyl halides is 3. The monoisotopic (exact) mass is 354 g/mol.